The zero-order valence-corrected chi connectivity index (χ0v) is 20.4. The predicted octanol–water partition coefficient (Wildman–Crippen LogP) is 5.54. The van der Waals surface area contributed by atoms with Gasteiger partial charge in [0.2, 0.25) is 5.91 Å². The number of hydrogen-bond donors (Lipinski definition) is 1. The zero-order valence-electron chi connectivity index (χ0n) is 19.5. The van der Waals surface area contributed by atoms with Gasteiger partial charge in [0.05, 0.1) is 26.2 Å². The Bertz CT molecular complexity index is 1200. The molecule has 176 valence electrons. The minimum absolute atomic E-state index is 0.0781. The van der Waals surface area contributed by atoms with E-state index in [1.54, 1.807) is 23.8 Å². The van der Waals surface area contributed by atoms with Gasteiger partial charge in [0.15, 0.2) is 11.5 Å². The number of methoxy groups -OCH3 is 1. The Balaban J connectivity index is 1.64. The van der Waals surface area contributed by atoms with Gasteiger partial charge in [0.25, 0.3) is 5.91 Å². The lowest BCUT2D eigenvalue weighted by Gasteiger charge is -2.28. The third-order valence-electron chi connectivity index (χ3n) is 5.83. The number of carbonyl (C=O) groups excluding carboxylic acids is 2. The SMILES string of the molecule is CCOc1ccc([C@H](CC(=O)Nc2cccc(SC)c2)N2Cc3ccccc3C2=O)cc1OC. The van der Waals surface area contributed by atoms with Crippen LogP contribution in [0.2, 0.25) is 0 Å². The maximum absolute atomic E-state index is 13.3. The van der Waals surface area contributed by atoms with Crippen molar-refractivity contribution >= 4 is 29.3 Å². The van der Waals surface area contributed by atoms with Crippen molar-refractivity contribution in [3.05, 3.63) is 83.4 Å². The highest BCUT2D eigenvalue weighted by atomic mass is 32.2. The van der Waals surface area contributed by atoms with Crippen molar-refractivity contribution in [1.82, 2.24) is 4.90 Å². The van der Waals surface area contributed by atoms with E-state index in [-0.39, 0.29) is 18.2 Å². The largest absolute Gasteiger partial charge is 0.493 e. The molecule has 0 unspecified atom stereocenters. The quantitative estimate of drug-likeness (QED) is 0.411. The van der Waals surface area contributed by atoms with E-state index >= 15 is 0 Å². The van der Waals surface area contributed by atoms with Gasteiger partial charge in [0.1, 0.15) is 0 Å². The summed E-state index contributed by atoms with van der Waals surface area (Å²) in [7, 11) is 1.58. The lowest BCUT2D eigenvalue weighted by Crippen LogP contribution is -2.32. The predicted molar refractivity (Wildman–Crippen MR) is 135 cm³/mol. The van der Waals surface area contributed by atoms with Gasteiger partial charge in [-0.3, -0.25) is 9.59 Å². The number of nitrogens with zero attached hydrogens (tertiary/aromatic N) is 1. The molecule has 1 aliphatic rings. The Morgan fingerprint density at radius 2 is 1.91 bits per heavy atom. The minimum Gasteiger partial charge on any atom is -0.493 e. The van der Waals surface area contributed by atoms with Crippen LogP contribution >= 0.6 is 11.8 Å². The molecule has 0 radical (unpaired) electrons. The molecule has 1 heterocycles. The zero-order chi connectivity index (χ0) is 24.1. The standard InChI is InChI=1S/C27H28N2O4S/c1-4-33-24-13-12-18(14-25(24)32-2)23(29-17-19-8-5-6-11-22(19)27(29)31)16-26(30)28-20-9-7-10-21(15-20)34-3/h5-15,23H,4,16-17H2,1-3H3,(H,28,30)/t23-/m0/s1. The summed E-state index contributed by atoms with van der Waals surface area (Å²) in [6, 6.07) is 20.4. The van der Waals surface area contributed by atoms with Crippen molar-refractivity contribution in [3.63, 3.8) is 0 Å². The number of hydrogen-bond acceptors (Lipinski definition) is 5. The molecule has 0 saturated heterocycles. The Morgan fingerprint density at radius 3 is 2.65 bits per heavy atom. The molecule has 2 amide bonds. The molecule has 34 heavy (non-hydrogen) atoms. The fraction of sp³-hybridized carbons (Fsp3) is 0.259. The smallest absolute Gasteiger partial charge is 0.255 e. The molecule has 3 aromatic carbocycles. The molecular formula is C27H28N2O4S. The summed E-state index contributed by atoms with van der Waals surface area (Å²) >= 11 is 1.61. The lowest BCUT2D eigenvalue weighted by atomic mass is 10.0. The monoisotopic (exact) mass is 476 g/mol. The highest BCUT2D eigenvalue weighted by Gasteiger charge is 2.34. The summed E-state index contributed by atoms with van der Waals surface area (Å²) in [6.07, 6.45) is 2.10. The van der Waals surface area contributed by atoms with Crippen LogP contribution in [-0.2, 0) is 11.3 Å². The van der Waals surface area contributed by atoms with Crippen LogP contribution in [0.4, 0.5) is 5.69 Å². The van der Waals surface area contributed by atoms with Crippen LogP contribution in [0.25, 0.3) is 0 Å². The van der Waals surface area contributed by atoms with E-state index in [0.29, 0.717) is 30.2 Å². The summed E-state index contributed by atoms with van der Waals surface area (Å²) in [5.74, 6) is 0.953. The summed E-state index contributed by atoms with van der Waals surface area (Å²) < 4.78 is 11.2. The fourth-order valence-corrected chi connectivity index (χ4v) is 4.65. The molecule has 0 aromatic heterocycles. The average Bonchev–Trinajstić information content (AvgIpc) is 3.19. The minimum atomic E-state index is -0.465. The van der Waals surface area contributed by atoms with Crippen LogP contribution in [0.1, 0.15) is 40.9 Å². The van der Waals surface area contributed by atoms with E-state index in [2.05, 4.69) is 5.32 Å². The first-order valence-corrected chi connectivity index (χ1v) is 12.4. The number of fused-ring (bicyclic) bond motifs is 1. The Labute approximate surface area is 204 Å². The molecule has 0 spiro atoms. The van der Waals surface area contributed by atoms with E-state index < -0.39 is 6.04 Å². The molecule has 0 bridgehead atoms. The molecule has 6 nitrogen and oxygen atoms in total. The summed E-state index contributed by atoms with van der Waals surface area (Å²) in [6.45, 7) is 2.87. The molecule has 0 aliphatic carbocycles. The van der Waals surface area contributed by atoms with Crippen LogP contribution < -0.4 is 14.8 Å². The molecule has 0 saturated carbocycles. The molecule has 0 fully saturated rings. The first kappa shape index (κ1) is 23.7. The van der Waals surface area contributed by atoms with Gasteiger partial charge in [0, 0.05) is 22.7 Å². The number of nitrogens with one attached hydrogen (secondary N) is 1. The van der Waals surface area contributed by atoms with Crippen molar-refractivity contribution in [2.24, 2.45) is 0 Å². The van der Waals surface area contributed by atoms with Crippen LogP contribution in [0.5, 0.6) is 11.5 Å². The van der Waals surface area contributed by atoms with Gasteiger partial charge in [-0.05, 0) is 60.7 Å². The van der Waals surface area contributed by atoms with E-state index in [0.717, 1.165) is 21.7 Å². The van der Waals surface area contributed by atoms with Gasteiger partial charge in [-0.25, -0.2) is 0 Å². The fourth-order valence-electron chi connectivity index (χ4n) is 4.19. The molecule has 3 aromatic rings. The van der Waals surface area contributed by atoms with Crippen LogP contribution in [0.3, 0.4) is 0 Å². The first-order valence-electron chi connectivity index (χ1n) is 11.2. The number of carbonyl (C=O) groups is 2. The molecule has 7 heteroatoms. The van der Waals surface area contributed by atoms with Gasteiger partial charge in [-0.1, -0.05) is 30.3 Å². The summed E-state index contributed by atoms with van der Waals surface area (Å²) in [4.78, 5) is 29.3. The topological polar surface area (TPSA) is 67.9 Å². The molecule has 1 N–H and O–H groups in total. The second-order valence-electron chi connectivity index (χ2n) is 7.93. The van der Waals surface area contributed by atoms with E-state index in [1.165, 1.54) is 0 Å². The Morgan fingerprint density at radius 1 is 1.09 bits per heavy atom. The van der Waals surface area contributed by atoms with Gasteiger partial charge in [-0.2, -0.15) is 0 Å². The summed E-state index contributed by atoms with van der Waals surface area (Å²) in [5, 5.41) is 2.99. The first-order chi connectivity index (χ1) is 16.5. The molecule has 1 aliphatic heterocycles. The van der Waals surface area contributed by atoms with Crippen molar-refractivity contribution in [2.45, 2.75) is 30.8 Å². The molecule has 4 rings (SSSR count). The number of benzene rings is 3. The lowest BCUT2D eigenvalue weighted by molar-refractivity contribution is -0.117. The second-order valence-corrected chi connectivity index (χ2v) is 8.81. The van der Waals surface area contributed by atoms with Crippen LogP contribution in [-0.4, -0.2) is 36.7 Å². The van der Waals surface area contributed by atoms with Crippen molar-refractivity contribution in [2.75, 3.05) is 25.3 Å². The van der Waals surface area contributed by atoms with Gasteiger partial charge in [-0.15, -0.1) is 11.8 Å². The van der Waals surface area contributed by atoms with Crippen LogP contribution in [0, 0.1) is 0 Å². The van der Waals surface area contributed by atoms with Crippen molar-refractivity contribution < 1.29 is 19.1 Å². The van der Waals surface area contributed by atoms with Gasteiger partial charge >= 0.3 is 0 Å². The van der Waals surface area contributed by atoms with Crippen molar-refractivity contribution in [1.29, 1.82) is 0 Å². The van der Waals surface area contributed by atoms with E-state index in [9.17, 15) is 9.59 Å². The second kappa shape index (κ2) is 10.7. The third-order valence-corrected chi connectivity index (χ3v) is 6.56. The normalized spacial score (nSPS) is 13.4. The number of amides is 2. The Kier molecular flexibility index (Phi) is 7.43. The maximum Gasteiger partial charge on any atom is 0.255 e. The van der Waals surface area contributed by atoms with E-state index in [4.69, 9.17) is 9.47 Å². The molecule has 1 atom stereocenters. The van der Waals surface area contributed by atoms with E-state index in [1.807, 2.05) is 79.9 Å². The molecular weight excluding hydrogens is 448 g/mol. The maximum atomic E-state index is 13.3. The van der Waals surface area contributed by atoms with Gasteiger partial charge < -0.3 is 19.7 Å². The van der Waals surface area contributed by atoms with Crippen LogP contribution in [0.15, 0.2) is 71.6 Å². The number of anilines is 1. The highest BCUT2D eigenvalue weighted by Crippen LogP contribution is 2.37. The number of rotatable bonds is 9. The Hall–Kier alpha value is -3.45. The third kappa shape index (κ3) is 5.04. The number of ether oxygens (including phenoxy) is 2. The average molecular weight is 477 g/mol. The highest BCUT2D eigenvalue weighted by molar-refractivity contribution is 7.98. The van der Waals surface area contributed by atoms with Crippen molar-refractivity contribution in [3.8, 4) is 11.5 Å². The summed E-state index contributed by atoms with van der Waals surface area (Å²) in [5.41, 5.74) is 3.19. The number of thioether (sulfide) groups is 1.